The lowest BCUT2D eigenvalue weighted by Gasteiger charge is -2.36. The molecule has 6 heteroatoms. The molecule has 26 heavy (non-hydrogen) atoms. The fourth-order valence-corrected chi connectivity index (χ4v) is 3.62. The Labute approximate surface area is 158 Å². The molecule has 0 atom stereocenters. The number of carbonyl (C=O) groups excluding carboxylic acids is 1. The number of piperazine rings is 1. The average Bonchev–Trinajstić information content (AvgIpc) is 2.66. The molecular formula is C20H22ClN3O2. The van der Waals surface area contributed by atoms with E-state index in [0.29, 0.717) is 0 Å². The van der Waals surface area contributed by atoms with Gasteiger partial charge in [0, 0.05) is 50.5 Å². The molecule has 0 unspecified atom stereocenters. The van der Waals surface area contributed by atoms with Crippen LogP contribution in [0.3, 0.4) is 0 Å². The fraction of sp³-hybridized carbons (Fsp3) is 0.350. The monoisotopic (exact) mass is 371 g/mol. The van der Waals surface area contributed by atoms with Crippen molar-refractivity contribution >= 4 is 28.9 Å². The van der Waals surface area contributed by atoms with Gasteiger partial charge in [-0.15, -0.1) is 0 Å². The summed E-state index contributed by atoms with van der Waals surface area (Å²) in [6, 6.07) is 14.2. The Kier molecular flexibility index (Phi) is 4.74. The molecule has 2 aromatic rings. The van der Waals surface area contributed by atoms with E-state index in [1.165, 1.54) is 11.3 Å². The number of likely N-dealkylation sites (N-methyl/N-ethyl adjacent to an activating group) is 1. The summed E-state index contributed by atoms with van der Waals surface area (Å²) >= 11 is 5.97. The van der Waals surface area contributed by atoms with Gasteiger partial charge >= 0.3 is 0 Å². The number of amides is 1. The third-order valence-electron chi connectivity index (χ3n) is 5.08. The van der Waals surface area contributed by atoms with Crippen LogP contribution in [0.15, 0.2) is 42.5 Å². The second-order valence-electron chi connectivity index (χ2n) is 6.78. The highest BCUT2D eigenvalue weighted by molar-refractivity contribution is 6.30. The summed E-state index contributed by atoms with van der Waals surface area (Å²) in [7, 11) is 1.79. The minimum absolute atomic E-state index is 0.0106. The number of ether oxygens (including phenoxy) is 1. The fourth-order valence-electron chi connectivity index (χ4n) is 3.49. The molecule has 4 rings (SSSR count). The van der Waals surface area contributed by atoms with E-state index in [1.54, 1.807) is 11.9 Å². The molecule has 2 heterocycles. The van der Waals surface area contributed by atoms with E-state index in [0.717, 1.165) is 49.2 Å². The predicted octanol–water partition coefficient (Wildman–Crippen LogP) is 3.02. The lowest BCUT2D eigenvalue weighted by atomic mass is 10.1. The molecule has 2 aromatic carbocycles. The van der Waals surface area contributed by atoms with E-state index in [2.05, 4.69) is 34.1 Å². The van der Waals surface area contributed by atoms with Crippen molar-refractivity contribution in [1.82, 2.24) is 4.90 Å². The van der Waals surface area contributed by atoms with E-state index < -0.39 is 0 Å². The minimum Gasteiger partial charge on any atom is -0.482 e. The Bertz CT molecular complexity index is 801. The van der Waals surface area contributed by atoms with Crippen molar-refractivity contribution in [3.63, 3.8) is 0 Å². The van der Waals surface area contributed by atoms with Crippen LogP contribution in [-0.4, -0.2) is 50.6 Å². The van der Waals surface area contributed by atoms with Gasteiger partial charge in [0.15, 0.2) is 6.61 Å². The molecule has 2 aliphatic rings. The number of hydrogen-bond acceptors (Lipinski definition) is 4. The standard InChI is InChI=1S/C20H22ClN3O2/c1-22-18-7-2-15(12-19(18)26-14-20(22)25)13-23-8-10-24(11-9-23)17-5-3-16(21)4-6-17/h2-7,12H,8-11,13-14H2,1H3. The highest BCUT2D eigenvalue weighted by Crippen LogP contribution is 2.32. The first-order valence-corrected chi connectivity index (χ1v) is 9.23. The largest absolute Gasteiger partial charge is 0.482 e. The van der Waals surface area contributed by atoms with Crippen LogP contribution in [0.1, 0.15) is 5.56 Å². The lowest BCUT2D eigenvalue weighted by molar-refractivity contribution is -0.120. The zero-order valence-corrected chi connectivity index (χ0v) is 15.6. The van der Waals surface area contributed by atoms with Crippen LogP contribution in [0.5, 0.6) is 5.75 Å². The Hall–Kier alpha value is -2.24. The molecule has 0 aromatic heterocycles. The highest BCUT2D eigenvalue weighted by atomic mass is 35.5. The van der Waals surface area contributed by atoms with Crippen molar-refractivity contribution in [3.05, 3.63) is 53.1 Å². The normalized spacial score (nSPS) is 17.8. The average molecular weight is 372 g/mol. The van der Waals surface area contributed by atoms with Gasteiger partial charge in [0.05, 0.1) is 5.69 Å². The third kappa shape index (κ3) is 3.50. The molecule has 136 valence electrons. The number of anilines is 2. The number of benzene rings is 2. The maximum atomic E-state index is 11.7. The lowest BCUT2D eigenvalue weighted by Crippen LogP contribution is -2.46. The highest BCUT2D eigenvalue weighted by Gasteiger charge is 2.23. The maximum absolute atomic E-state index is 11.7. The van der Waals surface area contributed by atoms with Crippen molar-refractivity contribution in [2.45, 2.75) is 6.54 Å². The summed E-state index contributed by atoms with van der Waals surface area (Å²) in [6.07, 6.45) is 0. The third-order valence-corrected chi connectivity index (χ3v) is 5.33. The van der Waals surface area contributed by atoms with Gasteiger partial charge in [-0.2, -0.15) is 0 Å². The van der Waals surface area contributed by atoms with E-state index >= 15 is 0 Å². The Morgan fingerprint density at radius 3 is 2.50 bits per heavy atom. The van der Waals surface area contributed by atoms with Gasteiger partial charge in [-0.25, -0.2) is 0 Å². The molecule has 0 spiro atoms. The van der Waals surface area contributed by atoms with Crippen molar-refractivity contribution < 1.29 is 9.53 Å². The van der Waals surface area contributed by atoms with E-state index in [1.807, 2.05) is 18.2 Å². The Balaban J connectivity index is 1.37. The van der Waals surface area contributed by atoms with Crippen molar-refractivity contribution in [3.8, 4) is 5.75 Å². The molecule has 5 nitrogen and oxygen atoms in total. The minimum atomic E-state index is -0.0106. The first-order valence-electron chi connectivity index (χ1n) is 8.85. The molecule has 1 fully saturated rings. The number of carbonyl (C=O) groups is 1. The van der Waals surface area contributed by atoms with Gasteiger partial charge in [-0.3, -0.25) is 9.69 Å². The van der Waals surface area contributed by atoms with Crippen LogP contribution >= 0.6 is 11.6 Å². The Morgan fingerprint density at radius 1 is 1.04 bits per heavy atom. The second kappa shape index (κ2) is 7.17. The molecule has 0 N–H and O–H groups in total. The van der Waals surface area contributed by atoms with E-state index in [9.17, 15) is 4.79 Å². The van der Waals surface area contributed by atoms with Gasteiger partial charge in [-0.05, 0) is 42.0 Å². The topological polar surface area (TPSA) is 36.0 Å². The summed E-state index contributed by atoms with van der Waals surface area (Å²) in [6.45, 7) is 5.04. The quantitative estimate of drug-likeness (QED) is 0.831. The molecule has 0 saturated carbocycles. The maximum Gasteiger partial charge on any atom is 0.264 e. The number of nitrogens with zero attached hydrogens (tertiary/aromatic N) is 3. The van der Waals surface area contributed by atoms with Crippen LogP contribution in [0, 0.1) is 0 Å². The van der Waals surface area contributed by atoms with E-state index in [4.69, 9.17) is 16.3 Å². The zero-order valence-electron chi connectivity index (χ0n) is 14.8. The number of halogens is 1. The number of fused-ring (bicyclic) bond motifs is 1. The summed E-state index contributed by atoms with van der Waals surface area (Å²) in [5, 5.41) is 0.773. The molecule has 0 aliphatic carbocycles. The summed E-state index contributed by atoms with van der Waals surface area (Å²) < 4.78 is 5.59. The molecule has 1 amide bonds. The van der Waals surface area contributed by atoms with Gasteiger partial charge < -0.3 is 14.5 Å². The SMILES string of the molecule is CN1C(=O)COc2cc(CN3CCN(c4ccc(Cl)cc4)CC3)ccc21. The molecule has 0 bridgehead atoms. The van der Waals surface area contributed by atoms with E-state index in [-0.39, 0.29) is 12.5 Å². The van der Waals surface area contributed by atoms with Gasteiger partial charge in [0.1, 0.15) is 5.75 Å². The summed E-state index contributed by atoms with van der Waals surface area (Å²) in [4.78, 5) is 18.2. The van der Waals surface area contributed by atoms with Gasteiger partial charge in [-0.1, -0.05) is 17.7 Å². The molecule has 1 saturated heterocycles. The zero-order chi connectivity index (χ0) is 18.1. The second-order valence-corrected chi connectivity index (χ2v) is 7.22. The predicted molar refractivity (Wildman–Crippen MR) is 104 cm³/mol. The van der Waals surface area contributed by atoms with Crippen LogP contribution < -0.4 is 14.5 Å². The van der Waals surface area contributed by atoms with Gasteiger partial charge in [0.2, 0.25) is 0 Å². The van der Waals surface area contributed by atoms with Crippen molar-refractivity contribution in [2.75, 3.05) is 49.6 Å². The Morgan fingerprint density at radius 2 is 1.77 bits per heavy atom. The van der Waals surface area contributed by atoms with Gasteiger partial charge in [0.25, 0.3) is 5.91 Å². The van der Waals surface area contributed by atoms with Crippen molar-refractivity contribution in [1.29, 1.82) is 0 Å². The molecular weight excluding hydrogens is 350 g/mol. The van der Waals surface area contributed by atoms with Crippen LogP contribution in [0.4, 0.5) is 11.4 Å². The first kappa shape index (κ1) is 17.2. The first-order chi connectivity index (χ1) is 12.6. The van der Waals surface area contributed by atoms with Crippen molar-refractivity contribution in [2.24, 2.45) is 0 Å². The van der Waals surface area contributed by atoms with Crippen LogP contribution in [-0.2, 0) is 11.3 Å². The number of rotatable bonds is 3. The smallest absolute Gasteiger partial charge is 0.264 e. The van der Waals surface area contributed by atoms with Crippen LogP contribution in [0.2, 0.25) is 5.02 Å². The number of hydrogen-bond donors (Lipinski definition) is 0. The summed E-state index contributed by atoms with van der Waals surface area (Å²) in [5.41, 5.74) is 3.29. The molecule has 2 aliphatic heterocycles. The summed E-state index contributed by atoms with van der Waals surface area (Å²) in [5.74, 6) is 0.785. The molecule has 0 radical (unpaired) electrons. The van der Waals surface area contributed by atoms with Crippen LogP contribution in [0.25, 0.3) is 0 Å².